The average molecular weight is 521 g/mol. The topological polar surface area (TPSA) is 105 Å². The van der Waals surface area contributed by atoms with Gasteiger partial charge in [0.15, 0.2) is 0 Å². The van der Waals surface area contributed by atoms with Crippen molar-refractivity contribution < 1.29 is 24.2 Å². The van der Waals surface area contributed by atoms with Gasteiger partial charge in [-0.25, -0.2) is 4.79 Å². The van der Waals surface area contributed by atoms with E-state index < -0.39 is 11.9 Å². The largest absolute Gasteiger partial charge is 0.495 e. The van der Waals surface area contributed by atoms with Crippen molar-refractivity contribution >= 4 is 63.3 Å². The van der Waals surface area contributed by atoms with Crippen LogP contribution in [0.15, 0.2) is 83.8 Å². The SMILES string of the molecule is COc1ccc(NC(=O)CSc2ccc(NC(=O)c3cccc4cccc(C(=O)O)c34)cc2)cc1Cl. The normalized spacial score (nSPS) is 10.6. The van der Waals surface area contributed by atoms with Crippen LogP contribution in [0.2, 0.25) is 5.02 Å². The smallest absolute Gasteiger partial charge is 0.336 e. The van der Waals surface area contributed by atoms with E-state index in [1.54, 1.807) is 72.8 Å². The molecule has 0 radical (unpaired) electrons. The summed E-state index contributed by atoms with van der Waals surface area (Å²) >= 11 is 7.43. The van der Waals surface area contributed by atoms with Crippen LogP contribution in [0.25, 0.3) is 10.8 Å². The minimum absolute atomic E-state index is 0.0696. The molecule has 2 amide bonds. The second-order valence-corrected chi connectivity index (χ2v) is 9.14. The second-order valence-electron chi connectivity index (χ2n) is 7.68. The Morgan fingerprint density at radius 2 is 1.56 bits per heavy atom. The van der Waals surface area contributed by atoms with E-state index in [1.165, 1.54) is 24.9 Å². The van der Waals surface area contributed by atoms with Gasteiger partial charge in [-0.05, 0) is 60.0 Å². The molecule has 0 saturated carbocycles. The number of carbonyl (C=O) groups excluding carboxylic acids is 2. The number of ether oxygens (including phenoxy) is 1. The van der Waals surface area contributed by atoms with Crippen LogP contribution >= 0.6 is 23.4 Å². The molecule has 0 bridgehead atoms. The lowest BCUT2D eigenvalue weighted by atomic mass is 9.98. The summed E-state index contributed by atoms with van der Waals surface area (Å²) in [4.78, 5) is 37.8. The van der Waals surface area contributed by atoms with E-state index in [9.17, 15) is 19.5 Å². The van der Waals surface area contributed by atoms with Crippen molar-refractivity contribution in [1.29, 1.82) is 0 Å². The standard InChI is InChI=1S/C27H21ClN2O5S/c1-35-23-13-10-18(14-22(23)28)29-24(31)15-36-19-11-8-17(9-12-19)30-26(32)20-6-2-4-16-5-3-7-21(25(16)20)27(33)34/h2-14H,15H2,1H3,(H,29,31)(H,30,32)(H,33,34). The molecule has 0 aromatic heterocycles. The monoisotopic (exact) mass is 520 g/mol. The molecule has 9 heteroatoms. The number of benzene rings is 4. The minimum atomic E-state index is -1.10. The zero-order valence-corrected chi connectivity index (χ0v) is 20.7. The Labute approximate surface area is 216 Å². The molecule has 0 spiro atoms. The van der Waals surface area contributed by atoms with Crippen molar-refractivity contribution in [2.24, 2.45) is 0 Å². The van der Waals surface area contributed by atoms with Gasteiger partial charge in [-0.2, -0.15) is 0 Å². The quantitative estimate of drug-likeness (QED) is 0.239. The van der Waals surface area contributed by atoms with Crippen LogP contribution in [0.3, 0.4) is 0 Å². The lowest BCUT2D eigenvalue weighted by Crippen LogP contribution is -2.14. The van der Waals surface area contributed by atoms with Crippen molar-refractivity contribution in [3.8, 4) is 5.75 Å². The zero-order chi connectivity index (χ0) is 25.7. The van der Waals surface area contributed by atoms with E-state index in [-0.39, 0.29) is 22.8 Å². The highest BCUT2D eigenvalue weighted by atomic mass is 35.5. The van der Waals surface area contributed by atoms with Gasteiger partial charge in [-0.15, -0.1) is 11.8 Å². The summed E-state index contributed by atoms with van der Waals surface area (Å²) in [7, 11) is 1.52. The van der Waals surface area contributed by atoms with Crippen LogP contribution in [0.5, 0.6) is 5.75 Å². The molecule has 4 rings (SSSR count). The van der Waals surface area contributed by atoms with Crippen LogP contribution < -0.4 is 15.4 Å². The highest BCUT2D eigenvalue weighted by Crippen LogP contribution is 2.28. The number of thioether (sulfide) groups is 1. The molecule has 182 valence electrons. The summed E-state index contributed by atoms with van der Waals surface area (Å²) in [5.41, 5.74) is 1.47. The maximum atomic E-state index is 13.0. The summed E-state index contributed by atoms with van der Waals surface area (Å²) in [6, 6.07) is 22.0. The number of anilines is 2. The molecule has 0 heterocycles. The molecule has 0 unspecified atom stereocenters. The van der Waals surface area contributed by atoms with Gasteiger partial charge in [0.2, 0.25) is 5.91 Å². The van der Waals surface area contributed by atoms with E-state index >= 15 is 0 Å². The van der Waals surface area contributed by atoms with Crippen molar-refractivity contribution in [2.75, 3.05) is 23.5 Å². The van der Waals surface area contributed by atoms with Crippen LogP contribution in [0.4, 0.5) is 11.4 Å². The summed E-state index contributed by atoms with van der Waals surface area (Å²) in [5, 5.41) is 16.6. The lowest BCUT2D eigenvalue weighted by molar-refractivity contribution is -0.113. The third-order valence-corrected chi connectivity index (χ3v) is 6.60. The molecule has 4 aromatic carbocycles. The molecule has 0 aliphatic rings. The van der Waals surface area contributed by atoms with Crippen molar-refractivity contribution in [2.45, 2.75) is 4.90 Å². The van der Waals surface area contributed by atoms with Gasteiger partial charge in [0.05, 0.1) is 23.4 Å². The molecular weight excluding hydrogens is 500 g/mol. The van der Waals surface area contributed by atoms with Gasteiger partial charge in [0.25, 0.3) is 5.91 Å². The molecule has 36 heavy (non-hydrogen) atoms. The minimum Gasteiger partial charge on any atom is -0.495 e. The number of carboxylic acid groups (broad SMARTS) is 1. The Morgan fingerprint density at radius 1 is 0.889 bits per heavy atom. The Hall–Kier alpha value is -4.01. The predicted octanol–water partition coefficient (Wildman–Crippen LogP) is 6.18. The molecule has 0 fully saturated rings. The van der Waals surface area contributed by atoms with E-state index in [1.807, 2.05) is 0 Å². The van der Waals surface area contributed by atoms with Crippen LogP contribution in [-0.2, 0) is 4.79 Å². The Morgan fingerprint density at radius 3 is 2.19 bits per heavy atom. The lowest BCUT2D eigenvalue weighted by Gasteiger charge is -2.11. The van der Waals surface area contributed by atoms with Gasteiger partial charge in [0, 0.05) is 27.2 Å². The van der Waals surface area contributed by atoms with Crippen LogP contribution in [0, 0.1) is 0 Å². The number of hydrogen-bond donors (Lipinski definition) is 3. The Bertz CT molecular complexity index is 1450. The zero-order valence-electron chi connectivity index (χ0n) is 19.1. The van der Waals surface area contributed by atoms with Crippen molar-refractivity contribution in [1.82, 2.24) is 0 Å². The molecule has 0 saturated heterocycles. The summed E-state index contributed by atoms with van der Waals surface area (Å²) < 4.78 is 5.10. The first-order valence-corrected chi connectivity index (χ1v) is 12.1. The number of fused-ring (bicyclic) bond motifs is 1. The van der Waals surface area contributed by atoms with E-state index in [0.29, 0.717) is 32.9 Å². The third-order valence-electron chi connectivity index (χ3n) is 5.30. The van der Waals surface area contributed by atoms with Gasteiger partial charge < -0.3 is 20.5 Å². The highest BCUT2D eigenvalue weighted by Gasteiger charge is 2.16. The number of hydrogen-bond acceptors (Lipinski definition) is 5. The number of carbonyl (C=O) groups is 3. The fraction of sp³-hybridized carbons (Fsp3) is 0.0741. The van der Waals surface area contributed by atoms with E-state index in [4.69, 9.17) is 16.3 Å². The first-order chi connectivity index (χ1) is 17.4. The number of aromatic carboxylic acids is 1. The van der Waals surface area contributed by atoms with Crippen LogP contribution in [-0.4, -0.2) is 35.8 Å². The number of methoxy groups -OCH3 is 1. The molecule has 0 aliphatic carbocycles. The van der Waals surface area contributed by atoms with Gasteiger partial charge >= 0.3 is 5.97 Å². The van der Waals surface area contributed by atoms with E-state index in [0.717, 1.165) is 4.90 Å². The predicted molar refractivity (Wildman–Crippen MR) is 143 cm³/mol. The molecule has 0 atom stereocenters. The maximum absolute atomic E-state index is 13.0. The van der Waals surface area contributed by atoms with Crippen molar-refractivity contribution in [3.63, 3.8) is 0 Å². The molecule has 3 N–H and O–H groups in total. The maximum Gasteiger partial charge on any atom is 0.336 e. The van der Waals surface area contributed by atoms with Gasteiger partial charge in [-0.3, -0.25) is 9.59 Å². The number of carboxylic acids is 1. The number of rotatable bonds is 8. The summed E-state index contributed by atoms with van der Waals surface area (Å²) in [6.45, 7) is 0. The number of nitrogens with one attached hydrogen (secondary N) is 2. The third kappa shape index (κ3) is 5.79. The molecule has 0 aliphatic heterocycles. The molecular formula is C27H21ClN2O5S. The van der Waals surface area contributed by atoms with Crippen molar-refractivity contribution in [3.05, 3.63) is 95.0 Å². The average Bonchev–Trinajstić information content (AvgIpc) is 2.87. The van der Waals surface area contributed by atoms with Crippen LogP contribution in [0.1, 0.15) is 20.7 Å². The van der Waals surface area contributed by atoms with Gasteiger partial charge in [0.1, 0.15) is 5.75 Å². The highest BCUT2D eigenvalue weighted by molar-refractivity contribution is 8.00. The Balaban J connectivity index is 1.38. The fourth-order valence-corrected chi connectivity index (χ4v) is 4.59. The molecule has 4 aromatic rings. The number of amides is 2. The summed E-state index contributed by atoms with van der Waals surface area (Å²) in [5.74, 6) is -0.986. The molecule has 7 nitrogen and oxygen atoms in total. The second kappa shape index (κ2) is 11.2. The van der Waals surface area contributed by atoms with Gasteiger partial charge in [-0.1, -0.05) is 35.9 Å². The number of halogens is 1. The van der Waals surface area contributed by atoms with E-state index in [2.05, 4.69) is 10.6 Å². The first kappa shape index (κ1) is 25.1. The first-order valence-electron chi connectivity index (χ1n) is 10.8. The Kier molecular flexibility index (Phi) is 7.77. The fourth-order valence-electron chi connectivity index (χ4n) is 3.63. The summed E-state index contributed by atoms with van der Waals surface area (Å²) in [6.07, 6.45) is 0.